The standard InChI is InChI=1S/C18H22N6O2/c1-26-11-9-20-16-6-10-24-17(23-16)15(12-22-24)13-2-4-14(5-3-13)18(25)21-8-7-19/h2-6,10,12H,7-9,11,19H2,1H3,(H,20,23)(H,21,25). The molecule has 1 aromatic carbocycles. The molecule has 0 aliphatic carbocycles. The number of anilines is 1. The second-order valence-electron chi connectivity index (χ2n) is 5.68. The monoisotopic (exact) mass is 354 g/mol. The topological polar surface area (TPSA) is 107 Å². The molecule has 0 aliphatic rings. The highest BCUT2D eigenvalue weighted by Crippen LogP contribution is 2.24. The van der Waals surface area contributed by atoms with E-state index < -0.39 is 0 Å². The van der Waals surface area contributed by atoms with Gasteiger partial charge in [0.05, 0.1) is 12.8 Å². The van der Waals surface area contributed by atoms with Gasteiger partial charge in [0.1, 0.15) is 5.82 Å². The van der Waals surface area contributed by atoms with Gasteiger partial charge in [0, 0.05) is 44.1 Å². The average Bonchev–Trinajstić information content (AvgIpc) is 3.09. The number of hydrogen-bond donors (Lipinski definition) is 3. The van der Waals surface area contributed by atoms with Crippen LogP contribution in [0.2, 0.25) is 0 Å². The minimum Gasteiger partial charge on any atom is -0.383 e. The Morgan fingerprint density at radius 2 is 2.04 bits per heavy atom. The van der Waals surface area contributed by atoms with E-state index in [1.165, 1.54) is 0 Å². The number of aromatic nitrogens is 3. The highest BCUT2D eigenvalue weighted by Gasteiger charge is 2.10. The number of amides is 1. The van der Waals surface area contributed by atoms with Crippen LogP contribution in [0.25, 0.3) is 16.8 Å². The van der Waals surface area contributed by atoms with Crippen molar-refractivity contribution in [3.63, 3.8) is 0 Å². The van der Waals surface area contributed by atoms with E-state index in [1.807, 2.05) is 24.4 Å². The van der Waals surface area contributed by atoms with E-state index in [1.54, 1.807) is 30.0 Å². The molecule has 3 aromatic rings. The molecule has 0 saturated heterocycles. The molecule has 136 valence electrons. The van der Waals surface area contributed by atoms with Gasteiger partial charge in [-0.05, 0) is 23.8 Å². The van der Waals surface area contributed by atoms with Crippen LogP contribution in [0, 0.1) is 0 Å². The number of ether oxygens (including phenoxy) is 1. The van der Waals surface area contributed by atoms with Gasteiger partial charge in [-0.1, -0.05) is 12.1 Å². The van der Waals surface area contributed by atoms with Gasteiger partial charge >= 0.3 is 0 Å². The number of fused-ring (bicyclic) bond motifs is 1. The molecular weight excluding hydrogens is 332 g/mol. The first-order valence-electron chi connectivity index (χ1n) is 8.39. The summed E-state index contributed by atoms with van der Waals surface area (Å²) in [5.74, 6) is 0.624. The van der Waals surface area contributed by atoms with Gasteiger partial charge < -0.3 is 21.1 Å². The SMILES string of the molecule is COCCNc1ccn2ncc(-c3ccc(C(=O)NCCN)cc3)c2n1. The maximum Gasteiger partial charge on any atom is 0.251 e. The van der Waals surface area contributed by atoms with Crippen LogP contribution < -0.4 is 16.4 Å². The van der Waals surface area contributed by atoms with Crippen molar-refractivity contribution in [2.24, 2.45) is 5.73 Å². The zero-order chi connectivity index (χ0) is 18.4. The molecule has 8 nitrogen and oxygen atoms in total. The molecule has 3 rings (SSSR count). The Kier molecular flexibility index (Phi) is 5.77. The molecule has 2 aromatic heterocycles. The lowest BCUT2D eigenvalue weighted by molar-refractivity contribution is 0.0955. The zero-order valence-electron chi connectivity index (χ0n) is 14.6. The first-order chi connectivity index (χ1) is 12.7. The summed E-state index contributed by atoms with van der Waals surface area (Å²) in [7, 11) is 1.66. The molecule has 0 bridgehead atoms. The first kappa shape index (κ1) is 17.8. The maximum atomic E-state index is 12.0. The van der Waals surface area contributed by atoms with Crippen molar-refractivity contribution < 1.29 is 9.53 Å². The third kappa shape index (κ3) is 3.98. The number of carbonyl (C=O) groups excluding carboxylic acids is 1. The average molecular weight is 354 g/mol. The maximum absolute atomic E-state index is 12.0. The molecule has 26 heavy (non-hydrogen) atoms. The van der Waals surface area contributed by atoms with Crippen LogP contribution in [-0.2, 0) is 4.74 Å². The Morgan fingerprint density at radius 1 is 1.23 bits per heavy atom. The van der Waals surface area contributed by atoms with Crippen molar-refractivity contribution in [2.45, 2.75) is 0 Å². The fourth-order valence-corrected chi connectivity index (χ4v) is 2.54. The van der Waals surface area contributed by atoms with Gasteiger partial charge in [-0.15, -0.1) is 0 Å². The van der Waals surface area contributed by atoms with Crippen molar-refractivity contribution in [2.75, 3.05) is 38.7 Å². The van der Waals surface area contributed by atoms with Crippen LogP contribution in [0.4, 0.5) is 5.82 Å². The van der Waals surface area contributed by atoms with E-state index in [9.17, 15) is 4.79 Å². The van der Waals surface area contributed by atoms with Gasteiger partial charge in [0.25, 0.3) is 5.91 Å². The number of nitrogens with one attached hydrogen (secondary N) is 2. The lowest BCUT2D eigenvalue weighted by atomic mass is 10.1. The number of hydrogen-bond acceptors (Lipinski definition) is 6. The first-order valence-corrected chi connectivity index (χ1v) is 8.39. The van der Waals surface area contributed by atoms with Gasteiger partial charge in [-0.3, -0.25) is 4.79 Å². The number of methoxy groups -OCH3 is 1. The third-order valence-electron chi connectivity index (χ3n) is 3.87. The summed E-state index contributed by atoms with van der Waals surface area (Å²) in [5.41, 5.74) is 8.58. The van der Waals surface area contributed by atoms with Crippen LogP contribution >= 0.6 is 0 Å². The molecule has 1 amide bonds. The van der Waals surface area contributed by atoms with Crippen molar-refractivity contribution in [1.82, 2.24) is 19.9 Å². The summed E-state index contributed by atoms with van der Waals surface area (Å²) < 4.78 is 6.76. The summed E-state index contributed by atoms with van der Waals surface area (Å²) in [6.07, 6.45) is 3.63. The molecule has 0 spiro atoms. The van der Waals surface area contributed by atoms with Crippen LogP contribution in [0.5, 0.6) is 0 Å². The van der Waals surface area contributed by atoms with E-state index in [4.69, 9.17) is 10.5 Å². The Hall–Kier alpha value is -2.97. The number of nitrogens with two attached hydrogens (primary N) is 1. The van der Waals surface area contributed by atoms with Gasteiger partial charge in [-0.25, -0.2) is 9.50 Å². The summed E-state index contributed by atoms with van der Waals surface area (Å²) in [4.78, 5) is 16.6. The lowest BCUT2D eigenvalue weighted by Gasteiger charge is -2.06. The Morgan fingerprint density at radius 3 is 2.77 bits per heavy atom. The smallest absolute Gasteiger partial charge is 0.251 e. The summed E-state index contributed by atoms with van der Waals surface area (Å²) in [5, 5.41) is 10.3. The second-order valence-corrected chi connectivity index (χ2v) is 5.68. The predicted molar refractivity (Wildman–Crippen MR) is 100 cm³/mol. The van der Waals surface area contributed by atoms with Crippen LogP contribution in [-0.4, -0.2) is 53.9 Å². The van der Waals surface area contributed by atoms with Gasteiger partial charge in [0.15, 0.2) is 5.65 Å². The fraction of sp³-hybridized carbons (Fsp3) is 0.278. The lowest BCUT2D eigenvalue weighted by Crippen LogP contribution is -2.28. The quantitative estimate of drug-likeness (QED) is 0.524. The van der Waals surface area contributed by atoms with E-state index in [2.05, 4.69) is 20.7 Å². The number of carbonyl (C=O) groups is 1. The fourth-order valence-electron chi connectivity index (χ4n) is 2.54. The molecule has 0 fully saturated rings. The van der Waals surface area contributed by atoms with Crippen molar-refractivity contribution in [3.8, 4) is 11.1 Å². The minimum absolute atomic E-state index is 0.135. The molecule has 2 heterocycles. The van der Waals surface area contributed by atoms with E-state index in [0.717, 1.165) is 22.6 Å². The molecule has 0 unspecified atom stereocenters. The van der Waals surface area contributed by atoms with Crippen molar-refractivity contribution in [1.29, 1.82) is 0 Å². The molecule has 4 N–H and O–H groups in total. The van der Waals surface area contributed by atoms with Crippen molar-refractivity contribution >= 4 is 17.4 Å². The highest BCUT2D eigenvalue weighted by atomic mass is 16.5. The Bertz CT molecular complexity index is 875. The predicted octanol–water partition coefficient (Wildman–Crippen LogP) is 1.14. The second kappa shape index (κ2) is 8.41. The van der Waals surface area contributed by atoms with Gasteiger partial charge in [-0.2, -0.15) is 5.10 Å². The van der Waals surface area contributed by atoms with Crippen LogP contribution in [0.15, 0.2) is 42.7 Å². The third-order valence-corrected chi connectivity index (χ3v) is 3.87. The van der Waals surface area contributed by atoms with Gasteiger partial charge in [0.2, 0.25) is 0 Å². The highest BCUT2D eigenvalue weighted by molar-refractivity contribution is 5.95. The molecule has 8 heteroatoms. The summed E-state index contributed by atoms with van der Waals surface area (Å²) in [6.45, 7) is 2.15. The van der Waals surface area contributed by atoms with Crippen LogP contribution in [0.3, 0.4) is 0 Å². The van der Waals surface area contributed by atoms with Crippen molar-refractivity contribution in [3.05, 3.63) is 48.3 Å². The largest absolute Gasteiger partial charge is 0.383 e. The van der Waals surface area contributed by atoms with Crippen LogP contribution in [0.1, 0.15) is 10.4 Å². The normalized spacial score (nSPS) is 10.8. The Balaban J connectivity index is 1.83. The Labute approximate surface area is 151 Å². The van der Waals surface area contributed by atoms with E-state index in [0.29, 0.717) is 31.8 Å². The molecule has 0 radical (unpaired) electrons. The summed E-state index contributed by atoms with van der Waals surface area (Å²) >= 11 is 0. The molecule has 0 saturated carbocycles. The zero-order valence-corrected chi connectivity index (χ0v) is 14.6. The van der Waals surface area contributed by atoms with E-state index in [-0.39, 0.29) is 5.91 Å². The number of benzene rings is 1. The molecule has 0 atom stereocenters. The number of rotatable bonds is 8. The summed E-state index contributed by atoms with van der Waals surface area (Å²) in [6, 6.07) is 9.21. The molecular formula is C18H22N6O2. The van der Waals surface area contributed by atoms with E-state index >= 15 is 0 Å². The number of nitrogens with zero attached hydrogens (tertiary/aromatic N) is 3. The minimum atomic E-state index is -0.135. The molecule has 0 aliphatic heterocycles.